The van der Waals surface area contributed by atoms with Crippen molar-refractivity contribution in [1.82, 2.24) is 44.6 Å². The van der Waals surface area contributed by atoms with Crippen molar-refractivity contribution < 1.29 is 42.9 Å². The van der Waals surface area contributed by atoms with Crippen molar-refractivity contribution >= 4 is 50.3 Å². The summed E-state index contributed by atoms with van der Waals surface area (Å²) in [5.74, 6) is 0.304. The highest BCUT2D eigenvalue weighted by atomic mass is 19.1. The van der Waals surface area contributed by atoms with E-state index < -0.39 is 28.8 Å². The molecule has 6 aromatic heterocycles. The van der Waals surface area contributed by atoms with Crippen LogP contribution < -0.4 is 26.7 Å². The zero-order valence-electron chi connectivity index (χ0n) is 55.3. The maximum atomic E-state index is 13.7. The maximum Gasteiger partial charge on any atom is 0.347 e. The van der Waals surface area contributed by atoms with Gasteiger partial charge in [0.1, 0.15) is 11.6 Å². The molecule has 0 unspecified atom stereocenters. The number of carboxylic acids is 1. The monoisotopic (exact) mass is 1290 g/mol. The van der Waals surface area contributed by atoms with Crippen LogP contribution in [0.15, 0.2) is 131 Å². The van der Waals surface area contributed by atoms with Crippen molar-refractivity contribution in [3.05, 3.63) is 174 Å². The smallest absolute Gasteiger partial charge is 0.347 e. The summed E-state index contributed by atoms with van der Waals surface area (Å²) < 4.78 is 30.2. The van der Waals surface area contributed by atoms with Crippen LogP contribution in [-0.2, 0) is 43.9 Å². The number of aliphatic carboxylic acids is 1. The summed E-state index contributed by atoms with van der Waals surface area (Å²) in [6, 6.07) is 22.7. The second-order valence-corrected chi connectivity index (χ2v) is 23.9. The number of carbonyl (C=O) groups is 1. The van der Waals surface area contributed by atoms with Gasteiger partial charge in [0.05, 0.1) is 69.2 Å². The van der Waals surface area contributed by atoms with Gasteiger partial charge in [-0.2, -0.15) is 4.39 Å². The number of anilines is 2. The largest absolute Gasteiger partial charge is 0.478 e. The fourth-order valence-electron chi connectivity index (χ4n) is 11.9. The molecule has 0 amide bonds. The number of allylic oxidation sites excluding steroid dienone is 1. The fourth-order valence-corrected chi connectivity index (χ4v) is 11.9. The Morgan fingerprint density at radius 1 is 0.543 bits per heavy atom. The zero-order chi connectivity index (χ0) is 67.8. The number of benzene rings is 3. The molecule has 8 heterocycles. The van der Waals surface area contributed by atoms with E-state index in [4.69, 9.17) is 18.4 Å². The predicted octanol–water partition coefficient (Wildman–Crippen LogP) is 9.47. The summed E-state index contributed by atoms with van der Waals surface area (Å²) >= 11 is 0. The molecule has 1 saturated carbocycles. The Bertz CT molecular complexity index is 4110. The van der Waals surface area contributed by atoms with Gasteiger partial charge in [-0.25, -0.2) is 49.1 Å². The van der Waals surface area contributed by atoms with E-state index >= 15 is 0 Å². The van der Waals surface area contributed by atoms with Crippen molar-refractivity contribution in [1.29, 1.82) is 0 Å². The van der Waals surface area contributed by atoms with E-state index in [1.807, 2.05) is 57.2 Å². The van der Waals surface area contributed by atoms with Gasteiger partial charge in [-0.3, -0.25) is 0 Å². The van der Waals surface area contributed by atoms with Crippen molar-refractivity contribution in [2.24, 2.45) is 0 Å². The molecule has 0 spiro atoms. The first kappa shape index (κ1) is 70.9. The third kappa shape index (κ3) is 17.2. The van der Waals surface area contributed by atoms with Gasteiger partial charge in [0.25, 0.3) is 0 Å². The average Bonchev–Trinajstić information content (AvgIpc) is 0.992. The number of rotatable bonds is 15. The van der Waals surface area contributed by atoms with Crippen molar-refractivity contribution in [3.8, 4) is 34.4 Å². The van der Waals surface area contributed by atoms with Crippen LogP contribution in [-0.4, -0.2) is 158 Å². The number of nitrogens with zero attached hydrogens (tertiary/aromatic N) is 11. The zero-order valence-corrected chi connectivity index (χ0v) is 55.3. The highest BCUT2D eigenvalue weighted by molar-refractivity contribution is 5.86. The lowest BCUT2D eigenvalue weighted by Gasteiger charge is -2.22. The highest BCUT2D eigenvalue weighted by Gasteiger charge is 2.30. The van der Waals surface area contributed by atoms with Gasteiger partial charge in [-0.1, -0.05) is 57.9 Å². The first-order valence-corrected chi connectivity index (χ1v) is 31.8. The first-order valence-electron chi connectivity index (χ1n) is 31.8. The van der Waals surface area contributed by atoms with E-state index in [1.54, 1.807) is 43.6 Å². The average molecular weight is 1290 g/mol. The summed E-state index contributed by atoms with van der Waals surface area (Å²) in [7, 11) is 12.7. The lowest BCUT2D eigenvalue weighted by Crippen LogP contribution is -2.31. The minimum Gasteiger partial charge on any atom is -0.478 e. The summed E-state index contributed by atoms with van der Waals surface area (Å²) in [5, 5.41) is 37.6. The second kappa shape index (κ2) is 33.2. The van der Waals surface area contributed by atoms with Crippen molar-refractivity contribution in [2.45, 2.75) is 123 Å². The number of halogens is 1. The molecular weight excluding hydrogens is 1200 g/mol. The molecule has 0 bridgehead atoms. The molecule has 3 aliphatic rings. The molecule has 2 atom stereocenters. The highest BCUT2D eigenvalue weighted by Crippen LogP contribution is 2.34. The normalized spacial score (nSPS) is 15.5. The van der Waals surface area contributed by atoms with E-state index in [0.717, 1.165) is 90.6 Å². The molecule has 4 N–H and O–H groups in total. The number of carboxylic acid groups (broad SMARTS) is 1. The van der Waals surface area contributed by atoms with Crippen LogP contribution in [0.25, 0.3) is 67.1 Å². The van der Waals surface area contributed by atoms with Gasteiger partial charge in [-0.05, 0) is 182 Å². The fraction of sp³-hybridized carbons (Fsp3) is 0.408. The number of aliphatic hydroxyl groups excluding tert-OH is 3. The number of fused-ring (bicyclic) bond motifs is 3. The molecule has 1 aliphatic carbocycles. The van der Waals surface area contributed by atoms with Crippen molar-refractivity contribution in [2.75, 3.05) is 78.3 Å². The van der Waals surface area contributed by atoms with Gasteiger partial charge < -0.3 is 58.2 Å². The van der Waals surface area contributed by atoms with Gasteiger partial charge in [0, 0.05) is 69.0 Å². The molecule has 3 aromatic carbocycles. The van der Waals surface area contributed by atoms with Gasteiger partial charge >= 0.3 is 22.8 Å². The number of likely N-dealkylation sites (N-methyl/N-ethyl adjacent to an activating group) is 2. The quantitative estimate of drug-likeness (QED) is 0.0549. The topological polar surface area (TPSA) is 282 Å². The van der Waals surface area contributed by atoms with Crippen LogP contribution in [0.3, 0.4) is 0 Å². The Morgan fingerprint density at radius 2 is 0.894 bits per heavy atom. The van der Waals surface area contributed by atoms with Gasteiger partial charge in [0.2, 0.25) is 23.6 Å². The molecule has 0 radical (unpaired) electrons. The number of pyridine rings is 3. The molecule has 94 heavy (non-hydrogen) atoms. The Morgan fingerprint density at radius 3 is 1.18 bits per heavy atom. The Hall–Kier alpha value is -8.97. The summed E-state index contributed by atoms with van der Waals surface area (Å²) in [6.07, 6.45) is 17.1. The third-order valence-corrected chi connectivity index (χ3v) is 17.1. The Kier molecular flexibility index (Phi) is 25.1. The predicted molar refractivity (Wildman–Crippen MR) is 363 cm³/mol. The molecule has 498 valence electrons. The lowest BCUT2D eigenvalue weighted by molar-refractivity contribution is -0.131. The molecule has 9 aromatic rings. The van der Waals surface area contributed by atoms with Gasteiger partial charge in [-0.15, -0.1) is 0 Å². The van der Waals surface area contributed by atoms with E-state index in [0.29, 0.717) is 80.7 Å². The van der Waals surface area contributed by atoms with Crippen LogP contribution in [0.2, 0.25) is 0 Å². The van der Waals surface area contributed by atoms with Crippen molar-refractivity contribution in [3.63, 3.8) is 0 Å². The number of hydrogen-bond acceptors (Lipinski definition) is 21. The number of hydrogen-bond donors (Lipinski definition) is 4. The molecule has 12 rings (SSSR count). The number of aliphatic hydroxyl groups is 3. The minimum atomic E-state index is -0.891. The number of aryl methyl sites for hydroxylation is 3. The SMILES string of the molecule is C/C=C\C(=O)O.CCc1cc(CO)cc2nc(-c3cccnc3F)oc(=O)c12.CCc1cc(CO)cc2nc(-c3cccnc3N3CC[C@H](N(C)C)C3)oc(=O)c12.CCc1cc(CO)cc2nc(-c3cccnc3N3CC[C@H](N(C)C)C3)oc(=O)c12.CN(C)C1CCCC1. The Labute approximate surface area is 545 Å². The van der Waals surface area contributed by atoms with E-state index in [-0.39, 0.29) is 43.1 Å². The summed E-state index contributed by atoms with van der Waals surface area (Å²) in [4.78, 5) is 84.8. The van der Waals surface area contributed by atoms with Gasteiger partial charge in [0.15, 0.2) is 0 Å². The third-order valence-electron chi connectivity index (χ3n) is 17.1. The molecule has 3 fully saturated rings. The molecule has 23 heteroatoms. The molecule has 2 saturated heterocycles. The van der Waals surface area contributed by atoms with E-state index in [1.165, 1.54) is 50.1 Å². The first-order chi connectivity index (χ1) is 45.2. The van der Waals surface area contributed by atoms with Crippen LogP contribution in [0, 0.1) is 5.95 Å². The maximum absolute atomic E-state index is 13.7. The standard InChI is InChI=1S/2C22H26N4O3.C16H13FN2O3.C7H15N.C4H6O2/c2*1-4-15-10-14(13-27)11-18-19(15)22(28)29-21(24-18)17-6-5-8-23-20(17)26-9-7-16(12-26)25(2)3;1-2-10-6-9(8-20)7-12-13(10)16(21)22-15(19-12)11-4-3-5-18-14(11)17;1-8(2)7-5-3-4-6-7;1-2-3-4(5)6/h2*5-6,8,10-11,16,27H,4,7,9,12-13H2,1-3H3;3-7,20H,2,8H2,1H3;7H,3-6H2,1-2H3;2-3H,1H3,(H,5,6)/b;;;;3-2-/t2*16-;;;/m00.../s1. The van der Waals surface area contributed by atoms with E-state index in [2.05, 4.69) is 96.7 Å². The van der Waals surface area contributed by atoms with E-state index in [9.17, 15) is 38.9 Å². The Balaban J connectivity index is 0.000000165. The van der Waals surface area contributed by atoms with Crippen LogP contribution in [0.1, 0.15) is 99.6 Å². The van der Waals surface area contributed by atoms with Crippen LogP contribution in [0.4, 0.5) is 16.0 Å². The van der Waals surface area contributed by atoms with Crippen LogP contribution in [0.5, 0.6) is 0 Å². The summed E-state index contributed by atoms with van der Waals surface area (Å²) in [6.45, 7) is 10.6. The minimum absolute atomic E-state index is 0.0222. The lowest BCUT2D eigenvalue weighted by atomic mass is 10.0. The second-order valence-electron chi connectivity index (χ2n) is 23.9. The molecule has 2 aliphatic heterocycles. The molecule has 22 nitrogen and oxygen atoms in total. The number of aromatic nitrogens is 6. The molecular formula is C71H86FN11O11. The summed E-state index contributed by atoms with van der Waals surface area (Å²) in [5.41, 5.74) is 6.01. The van der Waals surface area contributed by atoms with Crippen LogP contribution >= 0.6 is 0 Å².